The average Bonchev–Trinajstić information content (AvgIpc) is 3.06. The lowest BCUT2D eigenvalue weighted by Crippen LogP contribution is -2.52. The fourth-order valence-corrected chi connectivity index (χ4v) is 2.95. The molecule has 0 saturated carbocycles. The Balaban J connectivity index is 1.99. The summed E-state index contributed by atoms with van der Waals surface area (Å²) in [4.78, 5) is 27.1. The monoisotopic (exact) mass is 394 g/mol. The second-order valence-corrected chi connectivity index (χ2v) is 6.52. The van der Waals surface area contributed by atoms with Crippen molar-refractivity contribution in [2.24, 2.45) is 0 Å². The molecule has 0 unspecified atom stereocenters. The van der Waals surface area contributed by atoms with E-state index in [-0.39, 0.29) is 10.7 Å². The number of thiocarbonyl (C=S) groups is 1. The smallest absolute Gasteiger partial charge is 0.265 e. The zero-order valence-corrected chi connectivity index (χ0v) is 15.6. The van der Waals surface area contributed by atoms with Crippen molar-refractivity contribution in [2.75, 3.05) is 14.1 Å². The number of likely N-dealkylation sites (N-methyl/N-ethyl adjacent to an activating group) is 2. The molecule has 0 bridgehead atoms. The number of halogens is 2. The molecule has 0 spiro atoms. The molecule has 25 heavy (non-hydrogen) atoms. The number of hydrogen-bond acceptors (Lipinski definition) is 4. The summed E-state index contributed by atoms with van der Waals surface area (Å²) in [5.41, 5.74) is 0.590. The predicted molar refractivity (Wildman–Crippen MR) is 100 cm³/mol. The summed E-state index contributed by atoms with van der Waals surface area (Å²) in [6.07, 6.45) is 1.39. The number of benzene rings is 1. The molecule has 1 saturated heterocycles. The quantitative estimate of drug-likeness (QED) is 0.440. The maximum absolute atomic E-state index is 12.3. The Morgan fingerprint density at radius 1 is 1.04 bits per heavy atom. The van der Waals surface area contributed by atoms with Crippen molar-refractivity contribution in [3.63, 3.8) is 0 Å². The molecule has 1 fully saturated rings. The lowest BCUT2D eigenvalue weighted by molar-refractivity contribution is -0.132. The van der Waals surface area contributed by atoms with Gasteiger partial charge in [0.2, 0.25) is 0 Å². The molecule has 128 valence electrons. The first-order chi connectivity index (χ1) is 11.8. The number of furan rings is 1. The van der Waals surface area contributed by atoms with E-state index in [9.17, 15) is 9.59 Å². The number of hydrogen-bond donors (Lipinski definition) is 0. The van der Waals surface area contributed by atoms with E-state index in [4.69, 9.17) is 39.8 Å². The Kier molecular flexibility index (Phi) is 4.69. The van der Waals surface area contributed by atoms with Crippen LogP contribution in [0.15, 0.2) is 40.3 Å². The standard InChI is InChI=1S/C17H12Cl2N2O3S/c1-20-15(22)11(16(23)21(2)17(20)25)8-9-6-7-13(24-9)10-4-3-5-12(18)14(10)19/h3-8H,1-2H3. The zero-order chi connectivity index (χ0) is 18.3. The Morgan fingerprint density at radius 3 is 2.32 bits per heavy atom. The van der Waals surface area contributed by atoms with E-state index in [1.807, 2.05) is 0 Å². The highest BCUT2D eigenvalue weighted by Gasteiger charge is 2.35. The maximum atomic E-state index is 12.3. The van der Waals surface area contributed by atoms with Gasteiger partial charge >= 0.3 is 0 Å². The van der Waals surface area contributed by atoms with Crippen molar-refractivity contribution in [2.45, 2.75) is 0 Å². The van der Waals surface area contributed by atoms with Crippen molar-refractivity contribution < 1.29 is 14.0 Å². The van der Waals surface area contributed by atoms with Gasteiger partial charge in [-0.05, 0) is 42.6 Å². The van der Waals surface area contributed by atoms with Crippen molar-refractivity contribution in [3.8, 4) is 11.3 Å². The molecule has 0 radical (unpaired) electrons. The largest absolute Gasteiger partial charge is 0.457 e. The molecule has 0 aliphatic carbocycles. The van der Waals surface area contributed by atoms with Crippen LogP contribution in [0.4, 0.5) is 0 Å². The summed E-state index contributed by atoms with van der Waals surface area (Å²) in [5, 5.41) is 0.926. The fraction of sp³-hybridized carbons (Fsp3) is 0.118. The molecule has 2 heterocycles. The molecule has 2 amide bonds. The van der Waals surface area contributed by atoms with Gasteiger partial charge in [0.1, 0.15) is 17.1 Å². The minimum absolute atomic E-state index is 0.0308. The van der Waals surface area contributed by atoms with Crippen LogP contribution < -0.4 is 0 Å². The first-order valence-electron chi connectivity index (χ1n) is 7.17. The Hall–Kier alpha value is -2.15. The highest BCUT2D eigenvalue weighted by Crippen LogP contribution is 2.34. The van der Waals surface area contributed by atoms with E-state index in [0.29, 0.717) is 27.1 Å². The zero-order valence-electron chi connectivity index (χ0n) is 13.2. The third kappa shape index (κ3) is 3.08. The van der Waals surface area contributed by atoms with Crippen LogP contribution in [0.3, 0.4) is 0 Å². The van der Waals surface area contributed by atoms with Crippen LogP contribution in [-0.4, -0.2) is 40.8 Å². The maximum Gasteiger partial charge on any atom is 0.265 e. The fourth-order valence-electron chi connectivity index (χ4n) is 2.39. The molecule has 0 atom stereocenters. The van der Waals surface area contributed by atoms with Crippen molar-refractivity contribution in [1.82, 2.24) is 9.80 Å². The van der Waals surface area contributed by atoms with E-state index in [2.05, 4.69) is 0 Å². The lowest BCUT2D eigenvalue weighted by atomic mass is 10.1. The van der Waals surface area contributed by atoms with Gasteiger partial charge in [-0.2, -0.15) is 0 Å². The number of carbonyl (C=O) groups excluding carboxylic acids is 2. The molecule has 3 rings (SSSR count). The molecule has 1 aromatic heterocycles. The highest BCUT2D eigenvalue weighted by molar-refractivity contribution is 7.80. The summed E-state index contributed by atoms with van der Waals surface area (Å²) in [6.45, 7) is 0. The minimum Gasteiger partial charge on any atom is -0.457 e. The SMILES string of the molecule is CN1C(=O)C(=Cc2ccc(-c3cccc(Cl)c3Cl)o2)C(=O)N(C)C1=S. The van der Waals surface area contributed by atoms with Gasteiger partial charge in [0.05, 0.1) is 10.0 Å². The summed E-state index contributed by atoms with van der Waals surface area (Å²) < 4.78 is 5.71. The lowest BCUT2D eigenvalue weighted by Gasteiger charge is -2.31. The average molecular weight is 395 g/mol. The van der Waals surface area contributed by atoms with E-state index < -0.39 is 11.8 Å². The predicted octanol–water partition coefficient (Wildman–Crippen LogP) is 3.85. The van der Waals surface area contributed by atoms with E-state index >= 15 is 0 Å². The normalized spacial score (nSPS) is 15.2. The summed E-state index contributed by atoms with van der Waals surface area (Å²) in [5.74, 6) is -0.136. The third-order valence-corrected chi connectivity index (χ3v) is 5.14. The van der Waals surface area contributed by atoms with E-state index in [1.54, 1.807) is 30.3 Å². The molecular weight excluding hydrogens is 383 g/mol. The van der Waals surface area contributed by atoms with Crippen LogP contribution in [0.2, 0.25) is 10.0 Å². The van der Waals surface area contributed by atoms with Crippen LogP contribution in [0.1, 0.15) is 5.76 Å². The molecule has 1 aliphatic rings. The number of carbonyl (C=O) groups is 2. The van der Waals surface area contributed by atoms with Crippen molar-refractivity contribution >= 4 is 58.4 Å². The van der Waals surface area contributed by atoms with Gasteiger partial charge in [-0.1, -0.05) is 29.3 Å². The first-order valence-corrected chi connectivity index (χ1v) is 8.33. The Morgan fingerprint density at radius 2 is 1.68 bits per heavy atom. The minimum atomic E-state index is -0.480. The second kappa shape index (κ2) is 6.63. The summed E-state index contributed by atoms with van der Waals surface area (Å²) in [6, 6.07) is 8.53. The van der Waals surface area contributed by atoms with E-state index in [0.717, 1.165) is 0 Å². The van der Waals surface area contributed by atoms with Crippen LogP contribution in [0, 0.1) is 0 Å². The van der Waals surface area contributed by atoms with Crippen molar-refractivity contribution in [1.29, 1.82) is 0 Å². The van der Waals surface area contributed by atoms with Gasteiger partial charge < -0.3 is 4.42 Å². The number of amides is 2. The van der Waals surface area contributed by atoms with Gasteiger partial charge in [0.15, 0.2) is 5.11 Å². The van der Waals surface area contributed by atoms with E-state index in [1.165, 1.54) is 30.0 Å². The number of rotatable bonds is 2. The third-order valence-electron chi connectivity index (χ3n) is 3.77. The van der Waals surface area contributed by atoms with Gasteiger partial charge in [-0.25, -0.2) is 0 Å². The van der Waals surface area contributed by atoms with Crippen molar-refractivity contribution in [3.05, 3.63) is 51.7 Å². The van der Waals surface area contributed by atoms with Crippen LogP contribution >= 0.6 is 35.4 Å². The van der Waals surface area contributed by atoms with Gasteiger partial charge in [0.25, 0.3) is 11.8 Å². The summed E-state index contributed by atoms with van der Waals surface area (Å²) >= 11 is 17.2. The Bertz CT molecular complexity index is 910. The highest BCUT2D eigenvalue weighted by atomic mass is 35.5. The molecule has 2 aromatic rings. The second-order valence-electron chi connectivity index (χ2n) is 5.37. The van der Waals surface area contributed by atoms with Crippen LogP contribution in [-0.2, 0) is 9.59 Å². The topological polar surface area (TPSA) is 53.8 Å². The van der Waals surface area contributed by atoms with Gasteiger partial charge in [-0.3, -0.25) is 19.4 Å². The molecule has 0 N–H and O–H groups in total. The van der Waals surface area contributed by atoms with Crippen LogP contribution in [0.5, 0.6) is 0 Å². The number of nitrogens with zero attached hydrogens (tertiary/aromatic N) is 2. The molecule has 5 nitrogen and oxygen atoms in total. The molecule has 8 heteroatoms. The van der Waals surface area contributed by atoms with Crippen LogP contribution in [0.25, 0.3) is 17.4 Å². The Labute approximate surface area is 159 Å². The first kappa shape index (κ1) is 17.7. The summed E-state index contributed by atoms with van der Waals surface area (Å²) in [7, 11) is 3.03. The molecule has 1 aliphatic heterocycles. The van der Waals surface area contributed by atoms with Gasteiger partial charge in [0, 0.05) is 19.7 Å². The van der Waals surface area contributed by atoms with Gasteiger partial charge in [-0.15, -0.1) is 0 Å². The molecular formula is C17H12Cl2N2O3S. The molecule has 1 aromatic carbocycles.